The van der Waals surface area contributed by atoms with Crippen LogP contribution in [0.25, 0.3) is 0 Å². The van der Waals surface area contributed by atoms with Crippen LogP contribution >= 0.6 is 11.8 Å². The monoisotopic (exact) mass is 183 g/mol. The predicted molar refractivity (Wildman–Crippen MR) is 51.1 cm³/mol. The van der Waals surface area contributed by atoms with Crippen molar-refractivity contribution in [2.75, 3.05) is 5.75 Å². The molecule has 1 atom stereocenters. The minimum atomic E-state index is 0.194. The van der Waals surface area contributed by atoms with E-state index < -0.39 is 0 Å². The molecule has 0 radical (unpaired) electrons. The summed E-state index contributed by atoms with van der Waals surface area (Å²) in [6, 6.07) is 2.08. The predicted octanol–water partition coefficient (Wildman–Crippen LogP) is 1.22. The third kappa shape index (κ3) is 3.19. The first-order chi connectivity index (χ1) is 5.68. The van der Waals surface area contributed by atoms with Crippen LogP contribution in [0.1, 0.15) is 12.6 Å². The molecule has 4 heteroatoms. The van der Waals surface area contributed by atoms with Crippen LogP contribution < -0.4 is 5.73 Å². The van der Waals surface area contributed by atoms with Crippen LogP contribution in [0, 0.1) is 6.92 Å². The van der Waals surface area contributed by atoms with Gasteiger partial charge >= 0.3 is 0 Å². The summed E-state index contributed by atoms with van der Waals surface area (Å²) in [6.45, 7) is 3.93. The Bertz CT molecular complexity index is 250. The third-order valence-corrected chi connectivity index (χ3v) is 2.40. The topological polar surface area (TPSA) is 51.8 Å². The Hall–Kier alpha value is -0.610. The second kappa shape index (κ2) is 4.42. The lowest BCUT2D eigenvalue weighted by molar-refractivity contribution is 0.840. The molecule has 1 unspecified atom stereocenters. The van der Waals surface area contributed by atoms with E-state index in [2.05, 4.69) is 9.97 Å². The highest BCUT2D eigenvalue weighted by atomic mass is 32.2. The SMILES string of the molecule is Cc1ccnc(SCC(C)N)n1. The van der Waals surface area contributed by atoms with E-state index in [1.54, 1.807) is 18.0 Å². The van der Waals surface area contributed by atoms with E-state index in [9.17, 15) is 0 Å². The summed E-state index contributed by atoms with van der Waals surface area (Å²) in [6.07, 6.45) is 1.77. The first kappa shape index (κ1) is 9.48. The first-order valence-electron chi connectivity index (χ1n) is 3.86. The van der Waals surface area contributed by atoms with Gasteiger partial charge in [0, 0.05) is 23.7 Å². The molecular formula is C8H13N3S. The molecule has 3 nitrogen and oxygen atoms in total. The maximum Gasteiger partial charge on any atom is 0.187 e. The molecule has 0 aliphatic rings. The number of nitrogens with zero attached hydrogens (tertiary/aromatic N) is 2. The molecule has 2 N–H and O–H groups in total. The summed E-state index contributed by atoms with van der Waals surface area (Å²) in [5, 5.41) is 0.812. The van der Waals surface area contributed by atoms with Gasteiger partial charge in [0.2, 0.25) is 0 Å². The lowest BCUT2D eigenvalue weighted by Gasteiger charge is -2.02. The van der Waals surface area contributed by atoms with Crippen LogP contribution in [-0.2, 0) is 0 Å². The van der Waals surface area contributed by atoms with E-state index in [4.69, 9.17) is 5.73 Å². The zero-order chi connectivity index (χ0) is 8.97. The fourth-order valence-corrected chi connectivity index (χ4v) is 1.46. The number of thioether (sulfide) groups is 1. The van der Waals surface area contributed by atoms with Crippen LogP contribution in [-0.4, -0.2) is 21.8 Å². The van der Waals surface area contributed by atoms with Gasteiger partial charge in [-0.1, -0.05) is 11.8 Å². The van der Waals surface area contributed by atoms with Gasteiger partial charge in [-0.25, -0.2) is 9.97 Å². The largest absolute Gasteiger partial charge is 0.327 e. The fraction of sp³-hybridized carbons (Fsp3) is 0.500. The molecule has 1 aromatic heterocycles. The molecule has 0 spiro atoms. The van der Waals surface area contributed by atoms with Gasteiger partial charge in [-0.05, 0) is 19.9 Å². The Balaban J connectivity index is 2.52. The van der Waals surface area contributed by atoms with E-state index in [0.29, 0.717) is 0 Å². The van der Waals surface area contributed by atoms with Gasteiger partial charge in [0.05, 0.1) is 0 Å². The van der Waals surface area contributed by atoms with E-state index in [1.165, 1.54) is 0 Å². The number of rotatable bonds is 3. The minimum absolute atomic E-state index is 0.194. The molecule has 0 amide bonds. The number of aromatic nitrogens is 2. The average molecular weight is 183 g/mol. The zero-order valence-electron chi connectivity index (χ0n) is 7.32. The summed E-state index contributed by atoms with van der Waals surface area (Å²) in [7, 11) is 0. The number of hydrogen-bond acceptors (Lipinski definition) is 4. The molecular weight excluding hydrogens is 170 g/mol. The summed E-state index contributed by atoms with van der Waals surface area (Å²) in [5.74, 6) is 0.865. The van der Waals surface area contributed by atoms with Crippen molar-refractivity contribution in [1.82, 2.24) is 9.97 Å². The first-order valence-corrected chi connectivity index (χ1v) is 4.85. The van der Waals surface area contributed by atoms with Gasteiger partial charge in [-0.2, -0.15) is 0 Å². The average Bonchev–Trinajstić information content (AvgIpc) is 2.01. The van der Waals surface area contributed by atoms with Gasteiger partial charge in [-0.3, -0.25) is 0 Å². The Kier molecular flexibility index (Phi) is 3.49. The van der Waals surface area contributed by atoms with Crippen LogP contribution in [0.5, 0.6) is 0 Å². The molecule has 0 fully saturated rings. The van der Waals surface area contributed by atoms with E-state index in [-0.39, 0.29) is 6.04 Å². The molecule has 12 heavy (non-hydrogen) atoms. The molecule has 66 valence electrons. The van der Waals surface area contributed by atoms with Crippen LogP contribution in [0.4, 0.5) is 0 Å². The molecule has 0 aromatic carbocycles. The summed E-state index contributed by atoms with van der Waals surface area (Å²) >= 11 is 1.60. The van der Waals surface area contributed by atoms with Crippen LogP contribution in [0.15, 0.2) is 17.4 Å². The normalized spacial score (nSPS) is 12.9. The number of hydrogen-bond donors (Lipinski definition) is 1. The van der Waals surface area contributed by atoms with Gasteiger partial charge in [0.15, 0.2) is 5.16 Å². The lowest BCUT2D eigenvalue weighted by atomic mass is 10.4. The lowest BCUT2D eigenvalue weighted by Crippen LogP contribution is -2.17. The molecule has 0 aliphatic carbocycles. The second-order valence-corrected chi connectivity index (χ2v) is 3.76. The summed E-state index contributed by atoms with van der Waals surface area (Å²) in [4.78, 5) is 8.35. The van der Waals surface area contributed by atoms with Crippen LogP contribution in [0.2, 0.25) is 0 Å². The van der Waals surface area contributed by atoms with Crippen molar-refractivity contribution in [3.8, 4) is 0 Å². The third-order valence-electron chi connectivity index (χ3n) is 1.25. The zero-order valence-corrected chi connectivity index (χ0v) is 8.14. The highest BCUT2D eigenvalue weighted by Gasteiger charge is 1.99. The Morgan fingerprint density at radius 2 is 2.42 bits per heavy atom. The Morgan fingerprint density at radius 1 is 1.67 bits per heavy atom. The molecule has 0 aliphatic heterocycles. The molecule has 0 saturated heterocycles. The molecule has 0 bridgehead atoms. The van der Waals surface area contributed by atoms with Gasteiger partial charge < -0.3 is 5.73 Å². The summed E-state index contributed by atoms with van der Waals surface area (Å²) in [5.41, 5.74) is 6.60. The van der Waals surface area contributed by atoms with Crippen molar-refractivity contribution in [1.29, 1.82) is 0 Å². The quantitative estimate of drug-likeness (QED) is 0.565. The number of nitrogens with two attached hydrogens (primary N) is 1. The van der Waals surface area contributed by atoms with E-state index in [1.807, 2.05) is 19.9 Å². The molecule has 1 aromatic rings. The standard InChI is InChI=1S/C8H13N3S/c1-6(9)5-12-8-10-4-3-7(2)11-8/h3-4,6H,5,9H2,1-2H3. The van der Waals surface area contributed by atoms with Crippen molar-refractivity contribution in [2.45, 2.75) is 25.0 Å². The molecule has 0 saturated carbocycles. The van der Waals surface area contributed by atoms with Crippen LogP contribution in [0.3, 0.4) is 0 Å². The highest BCUT2D eigenvalue weighted by Crippen LogP contribution is 2.12. The Labute approximate surface area is 76.8 Å². The van der Waals surface area contributed by atoms with Crippen molar-refractivity contribution >= 4 is 11.8 Å². The van der Waals surface area contributed by atoms with Crippen molar-refractivity contribution in [3.63, 3.8) is 0 Å². The maximum atomic E-state index is 5.60. The van der Waals surface area contributed by atoms with Gasteiger partial charge in [0.1, 0.15) is 0 Å². The maximum absolute atomic E-state index is 5.60. The highest BCUT2D eigenvalue weighted by molar-refractivity contribution is 7.99. The number of aryl methyl sites for hydroxylation is 1. The van der Waals surface area contributed by atoms with E-state index >= 15 is 0 Å². The molecule has 1 heterocycles. The smallest absolute Gasteiger partial charge is 0.187 e. The fourth-order valence-electron chi connectivity index (χ4n) is 0.701. The molecule has 1 rings (SSSR count). The Morgan fingerprint density at radius 3 is 3.00 bits per heavy atom. The van der Waals surface area contributed by atoms with Gasteiger partial charge in [-0.15, -0.1) is 0 Å². The second-order valence-electron chi connectivity index (χ2n) is 2.77. The summed E-state index contributed by atoms with van der Waals surface area (Å²) < 4.78 is 0. The van der Waals surface area contributed by atoms with Crippen molar-refractivity contribution < 1.29 is 0 Å². The van der Waals surface area contributed by atoms with E-state index in [0.717, 1.165) is 16.6 Å². The van der Waals surface area contributed by atoms with Gasteiger partial charge in [0.25, 0.3) is 0 Å². The minimum Gasteiger partial charge on any atom is -0.327 e. The van der Waals surface area contributed by atoms with Crippen molar-refractivity contribution in [3.05, 3.63) is 18.0 Å². The van der Waals surface area contributed by atoms with Crippen molar-refractivity contribution in [2.24, 2.45) is 5.73 Å².